The normalized spacial score (nSPS) is 12.4. The van der Waals surface area contributed by atoms with Crippen LogP contribution < -0.4 is 5.73 Å². The van der Waals surface area contributed by atoms with Gasteiger partial charge in [0.1, 0.15) is 0 Å². The van der Waals surface area contributed by atoms with Gasteiger partial charge < -0.3 is 10.6 Å². The average molecular weight is 305 g/mol. The van der Waals surface area contributed by atoms with E-state index in [1.807, 2.05) is 0 Å². The summed E-state index contributed by atoms with van der Waals surface area (Å²) in [5.74, 6) is 0. The highest BCUT2D eigenvalue weighted by Gasteiger charge is 2.19. The Labute approximate surface area is 111 Å². The molecule has 0 saturated carbocycles. The molecule has 4 heteroatoms. The Hall–Kier alpha value is 0.1000. The van der Waals surface area contributed by atoms with E-state index >= 15 is 0 Å². The van der Waals surface area contributed by atoms with E-state index in [2.05, 4.69) is 53.9 Å². The van der Waals surface area contributed by atoms with Crippen LogP contribution in [-0.4, -0.2) is 25.0 Å². The first-order valence-corrected chi connectivity index (χ1v) is 7.17. The van der Waals surface area contributed by atoms with Crippen molar-refractivity contribution in [2.45, 2.75) is 26.8 Å². The van der Waals surface area contributed by atoms with Crippen LogP contribution in [0.2, 0.25) is 0 Å². The van der Waals surface area contributed by atoms with Gasteiger partial charge in [-0.2, -0.15) is 0 Å². The van der Waals surface area contributed by atoms with E-state index in [1.165, 1.54) is 8.66 Å². The summed E-state index contributed by atoms with van der Waals surface area (Å²) in [4.78, 5) is 3.77. The minimum Gasteiger partial charge on any atom is -0.330 e. The Morgan fingerprint density at radius 2 is 2.12 bits per heavy atom. The molecule has 2 N–H and O–H groups in total. The molecule has 0 aliphatic carbocycles. The number of nitrogens with two attached hydrogens (primary N) is 1. The Morgan fingerprint density at radius 3 is 2.62 bits per heavy atom. The van der Waals surface area contributed by atoms with Crippen LogP contribution >= 0.6 is 27.3 Å². The zero-order valence-corrected chi connectivity index (χ0v) is 12.7. The molecule has 1 aromatic heterocycles. The Balaban J connectivity index is 2.44. The van der Waals surface area contributed by atoms with Gasteiger partial charge in [0.2, 0.25) is 0 Å². The number of rotatable bonds is 6. The Bertz CT molecular complexity index is 323. The third kappa shape index (κ3) is 4.95. The van der Waals surface area contributed by atoms with Gasteiger partial charge in [-0.15, -0.1) is 11.3 Å². The molecule has 16 heavy (non-hydrogen) atoms. The first kappa shape index (κ1) is 14.2. The maximum Gasteiger partial charge on any atom is 0.0701 e. The van der Waals surface area contributed by atoms with Crippen LogP contribution in [0.25, 0.3) is 0 Å². The molecular formula is C12H21BrN2S. The van der Waals surface area contributed by atoms with E-state index in [4.69, 9.17) is 5.73 Å². The number of hydrogen-bond donors (Lipinski definition) is 1. The fourth-order valence-electron chi connectivity index (χ4n) is 1.96. The fourth-order valence-corrected chi connectivity index (χ4v) is 3.52. The molecule has 0 aliphatic heterocycles. The van der Waals surface area contributed by atoms with Crippen molar-refractivity contribution < 1.29 is 0 Å². The van der Waals surface area contributed by atoms with Gasteiger partial charge in [0.15, 0.2) is 0 Å². The summed E-state index contributed by atoms with van der Waals surface area (Å²) in [5.41, 5.74) is 5.93. The standard InChI is InChI=1S/C12H21BrN2S/c1-12(2,6-7-14)9-15(3)8-10-4-5-11(13)16-10/h4-5H,6-9,14H2,1-3H3. The molecular weight excluding hydrogens is 284 g/mol. The lowest BCUT2D eigenvalue weighted by Gasteiger charge is -2.29. The SMILES string of the molecule is CN(Cc1ccc(Br)s1)CC(C)(C)CCN. The second kappa shape index (κ2) is 6.15. The Kier molecular flexibility index (Phi) is 5.44. The largest absolute Gasteiger partial charge is 0.330 e. The molecule has 0 aliphatic rings. The summed E-state index contributed by atoms with van der Waals surface area (Å²) < 4.78 is 1.21. The molecule has 0 amide bonds. The topological polar surface area (TPSA) is 29.3 Å². The van der Waals surface area contributed by atoms with Crippen LogP contribution in [0.1, 0.15) is 25.1 Å². The molecule has 0 fully saturated rings. The number of halogens is 1. The van der Waals surface area contributed by atoms with Crippen molar-refractivity contribution in [3.05, 3.63) is 20.8 Å². The fraction of sp³-hybridized carbons (Fsp3) is 0.667. The first-order chi connectivity index (χ1) is 7.43. The van der Waals surface area contributed by atoms with Crippen molar-refractivity contribution in [2.75, 3.05) is 20.1 Å². The molecule has 1 rings (SSSR count). The predicted octanol–water partition coefficient (Wildman–Crippen LogP) is 3.32. The molecule has 0 radical (unpaired) electrons. The van der Waals surface area contributed by atoms with Gasteiger partial charge in [0.25, 0.3) is 0 Å². The van der Waals surface area contributed by atoms with E-state index in [-0.39, 0.29) is 0 Å². The van der Waals surface area contributed by atoms with Crippen LogP contribution in [0.5, 0.6) is 0 Å². The van der Waals surface area contributed by atoms with Gasteiger partial charge in [0, 0.05) is 18.0 Å². The highest BCUT2D eigenvalue weighted by atomic mass is 79.9. The quantitative estimate of drug-likeness (QED) is 0.873. The molecule has 0 saturated heterocycles. The van der Waals surface area contributed by atoms with Crippen molar-refractivity contribution in [3.8, 4) is 0 Å². The molecule has 0 bridgehead atoms. The summed E-state index contributed by atoms with van der Waals surface area (Å²) in [6.07, 6.45) is 1.07. The molecule has 92 valence electrons. The molecule has 1 heterocycles. The minimum absolute atomic E-state index is 0.304. The van der Waals surface area contributed by atoms with Gasteiger partial charge in [-0.05, 0) is 53.5 Å². The zero-order chi connectivity index (χ0) is 12.2. The predicted molar refractivity (Wildman–Crippen MR) is 75.8 cm³/mol. The van der Waals surface area contributed by atoms with Crippen molar-refractivity contribution in [1.82, 2.24) is 4.90 Å². The van der Waals surface area contributed by atoms with Gasteiger partial charge in [-0.1, -0.05) is 13.8 Å². The van der Waals surface area contributed by atoms with Crippen molar-refractivity contribution in [2.24, 2.45) is 11.1 Å². The van der Waals surface area contributed by atoms with Crippen LogP contribution in [0.15, 0.2) is 15.9 Å². The lowest BCUT2D eigenvalue weighted by atomic mass is 9.89. The average Bonchev–Trinajstić information content (AvgIpc) is 2.49. The lowest BCUT2D eigenvalue weighted by molar-refractivity contribution is 0.196. The maximum atomic E-state index is 5.62. The number of nitrogens with zero attached hydrogens (tertiary/aromatic N) is 1. The first-order valence-electron chi connectivity index (χ1n) is 5.56. The van der Waals surface area contributed by atoms with Gasteiger partial charge in [-0.3, -0.25) is 0 Å². The number of thiophene rings is 1. The van der Waals surface area contributed by atoms with E-state index < -0.39 is 0 Å². The molecule has 0 aromatic carbocycles. The third-order valence-electron chi connectivity index (χ3n) is 2.57. The second-order valence-corrected chi connectivity index (χ2v) is 7.63. The lowest BCUT2D eigenvalue weighted by Crippen LogP contribution is -2.32. The highest BCUT2D eigenvalue weighted by molar-refractivity contribution is 9.11. The summed E-state index contributed by atoms with van der Waals surface area (Å²) in [6.45, 7) is 7.43. The molecule has 2 nitrogen and oxygen atoms in total. The van der Waals surface area contributed by atoms with E-state index in [0.29, 0.717) is 5.41 Å². The monoisotopic (exact) mass is 304 g/mol. The molecule has 0 atom stereocenters. The van der Waals surface area contributed by atoms with Gasteiger partial charge >= 0.3 is 0 Å². The van der Waals surface area contributed by atoms with Crippen molar-refractivity contribution >= 4 is 27.3 Å². The minimum atomic E-state index is 0.304. The van der Waals surface area contributed by atoms with Crippen LogP contribution in [-0.2, 0) is 6.54 Å². The molecule has 0 unspecified atom stereocenters. The highest BCUT2D eigenvalue weighted by Crippen LogP contribution is 2.25. The molecule has 0 spiro atoms. The summed E-state index contributed by atoms with van der Waals surface area (Å²) in [5, 5.41) is 0. The van der Waals surface area contributed by atoms with Gasteiger partial charge in [-0.25, -0.2) is 0 Å². The smallest absolute Gasteiger partial charge is 0.0701 e. The maximum absolute atomic E-state index is 5.62. The number of hydrogen-bond acceptors (Lipinski definition) is 3. The zero-order valence-electron chi connectivity index (χ0n) is 10.3. The second-order valence-electron chi connectivity index (χ2n) is 5.08. The Morgan fingerprint density at radius 1 is 1.44 bits per heavy atom. The molecule has 1 aromatic rings. The van der Waals surface area contributed by atoms with Crippen LogP contribution in [0.4, 0.5) is 0 Å². The van der Waals surface area contributed by atoms with E-state index in [9.17, 15) is 0 Å². The van der Waals surface area contributed by atoms with Crippen LogP contribution in [0.3, 0.4) is 0 Å². The third-order valence-corrected chi connectivity index (χ3v) is 4.18. The van der Waals surface area contributed by atoms with Crippen LogP contribution in [0, 0.1) is 5.41 Å². The van der Waals surface area contributed by atoms with E-state index in [1.54, 1.807) is 11.3 Å². The summed E-state index contributed by atoms with van der Waals surface area (Å²) in [6, 6.07) is 4.29. The van der Waals surface area contributed by atoms with E-state index in [0.717, 1.165) is 26.1 Å². The van der Waals surface area contributed by atoms with Gasteiger partial charge in [0.05, 0.1) is 3.79 Å². The summed E-state index contributed by atoms with van der Waals surface area (Å²) in [7, 11) is 2.17. The van der Waals surface area contributed by atoms with Crippen molar-refractivity contribution in [1.29, 1.82) is 0 Å². The summed E-state index contributed by atoms with van der Waals surface area (Å²) >= 11 is 5.30. The van der Waals surface area contributed by atoms with Crippen molar-refractivity contribution in [3.63, 3.8) is 0 Å².